The molecule has 5 heteroatoms. The summed E-state index contributed by atoms with van der Waals surface area (Å²) in [5.74, 6) is 0.118. The molecule has 1 aliphatic heterocycles. The lowest BCUT2D eigenvalue weighted by molar-refractivity contribution is -0.131. The molecule has 2 heterocycles. The fraction of sp³-hybridized carbons (Fsp3) is 0.312. The lowest BCUT2D eigenvalue weighted by atomic mass is 10.0. The van der Waals surface area contributed by atoms with Gasteiger partial charge in [-0.3, -0.25) is 4.79 Å². The third-order valence-corrected chi connectivity index (χ3v) is 4.01. The predicted molar refractivity (Wildman–Crippen MR) is 80.9 cm³/mol. The Labute approximate surface area is 128 Å². The molecule has 0 radical (unpaired) electrons. The molecule has 0 saturated carbocycles. The van der Waals surface area contributed by atoms with Gasteiger partial charge < -0.3 is 4.90 Å². The van der Waals surface area contributed by atoms with Crippen LogP contribution in [0.25, 0.3) is 0 Å². The van der Waals surface area contributed by atoms with Crippen molar-refractivity contribution in [1.29, 1.82) is 0 Å². The lowest BCUT2D eigenvalue weighted by Gasteiger charge is -2.25. The summed E-state index contributed by atoms with van der Waals surface area (Å²) in [6.07, 6.45) is 7.20. The van der Waals surface area contributed by atoms with Crippen molar-refractivity contribution in [3.63, 3.8) is 0 Å². The van der Waals surface area contributed by atoms with Crippen LogP contribution in [0, 0.1) is 0 Å². The molecule has 0 bridgehead atoms. The fourth-order valence-electron chi connectivity index (χ4n) is 2.82. The Kier molecular flexibility index (Phi) is 4.15. The first-order valence-electron chi connectivity index (χ1n) is 7.03. The van der Waals surface area contributed by atoms with Gasteiger partial charge >= 0.3 is 0 Å². The Hall–Kier alpha value is -1.94. The molecule has 4 nitrogen and oxygen atoms in total. The molecule has 1 aliphatic rings. The maximum atomic E-state index is 12.5. The largest absolute Gasteiger partial charge is 0.335 e. The Bertz CT molecular complexity index is 632. The standard InChI is InChI=1S/C16H16ClN3O/c17-14-4-1-3-13(8-14)15-5-2-6-20(15)16(21)7-12-9-18-11-19-10-12/h1,3-4,8-11,15H,2,5-7H2. The Morgan fingerprint density at radius 2 is 2.14 bits per heavy atom. The first kappa shape index (κ1) is 14.0. The Balaban J connectivity index is 1.76. The number of rotatable bonds is 3. The highest BCUT2D eigenvalue weighted by Gasteiger charge is 2.29. The van der Waals surface area contributed by atoms with Crippen molar-refractivity contribution in [2.45, 2.75) is 25.3 Å². The molecule has 21 heavy (non-hydrogen) atoms. The summed E-state index contributed by atoms with van der Waals surface area (Å²) in [6.45, 7) is 0.795. The molecule has 0 spiro atoms. The Morgan fingerprint density at radius 1 is 1.33 bits per heavy atom. The number of carbonyl (C=O) groups excluding carboxylic acids is 1. The van der Waals surface area contributed by atoms with Gasteiger partial charge in [-0.15, -0.1) is 0 Å². The van der Waals surface area contributed by atoms with E-state index < -0.39 is 0 Å². The second-order valence-corrected chi connectivity index (χ2v) is 5.66. The van der Waals surface area contributed by atoms with Gasteiger partial charge in [0, 0.05) is 24.0 Å². The van der Waals surface area contributed by atoms with Crippen LogP contribution < -0.4 is 0 Å². The van der Waals surface area contributed by atoms with E-state index in [0.717, 1.165) is 30.5 Å². The highest BCUT2D eigenvalue weighted by atomic mass is 35.5. The van der Waals surface area contributed by atoms with Crippen LogP contribution in [0.1, 0.15) is 30.0 Å². The number of carbonyl (C=O) groups is 1. The highest BCUT2D eigenvalue weighted by molar-refractivity contribution is 6.30. The molecule has 1 aromatic heterocycles. The molecule has 0 aliphatic carbocycles. The van der Waals surface area contributed by atoms with Crippen molar-refractivity contribution in [2.24, 2.45) is 0 Å². The van der Waals surface area contributed by atoms with Crippen LogP contribution in [0.5, 0.6) is 0 Å². The molecule has 2 aromatic rings. The molecule has 0 N–H and O–H groups in total. The lowest BCUT2D eigenvalue weighted by Crippen LogP contribution is -2.31. The number of likely N-dealkylation sites (tertiary alicyclic amines) is 1. The summed E-state index contributed by atoms with van der Waals surface area (Å²) in [7, 11) is 0. The van der Waals surface area contributed by atoms with Crippen LogP contribution in [0.3, 0.4) is 0 Å². The van der Waals surface area contributed by atoms with Gasteiger partial charge in [-0.05, 0) is 36.1 Å². The SMILES string of the molecule is O=C(Cc1cncnc1)N1CCCC1c1cccc(Cl)c1. The van der Waals surface area contributed by atoms with Crippen molar-refractivity contribution in [3.05, 3.63) is 59.1 Å². The minimum absolute atomic E-state index is 0.118. The average molecular weight is 302 g/mol. The zero-order valence-corrected chi connectivity index (χ0v) is 12.3. The first-order chi connectivity index (χ1) is 10.2. The van der Waals surface area contributed by atoms with E-state index in [1.54, 1.807) is 12.4 Å². The molecule has 1 atom stereocenters. The minimum atomic E-state index is 0.118. The van der Waals surface area contributed by atoms with Crippen molar-refractivity contribution in [1.82, 2.24) is 14.9 Å². The normalized spacial score (nSPS) is 18.0. The monoisotopic (exact) mass is 301 g/mol. The number of nitrogens with zero attached hydrogens (tertiary/aromatic N) is 3. The van der Waals surface area contributed by atoms with Gasteiger partial charge in [0.2, 0.25) is 5.91 Å². The van der Waals surface area contributed by atoms with E-state index in [4.69, 9.17) is 11.6 Å². The predicted octanol–water partition coefficient (Wildman–Crippen LogP) is 3.04. The van der Waals surface area contributed by atoms with Crippen LogP contribution in [0.4, 0.5) is 0 Å². The topological polar surface area (TPSA) is 46.1 Å². The van der Waals surface area contributed by atoms with E-state index in [2.05, 4.69) is 9.97 Å². The van der Waals surface area contributed by atoms with Gasteiger partial charge in [-0.25, -0.2) is 9.97 Å². The second-order valence-electron chi connectivity index (χ2n) is 5.22. The Morgan fingerprint density at radius 3 is 2.90 bits per heavy atom. The van der Waals surface area contributed by atoms with Crippen LogP contribution in [-0.4, -0.2) is 27.3 Å². The van der Waals surface area contributed by atoms with E-state index in [-0.39, 0.29) is 11.9 Å². The summed E-state index contributed by atoms with van der Waals surface area (Å²) in [5.41, 5.74) is 1.96. The van der Waals surface area contributed by atoms with Crippen LogP contribution in [-0.2, 0) is 11.2 Å². The fourth-order valence-corrected chi connectivity index (χ4v) is 3.02. The second kappa shape index (κ2) is 6.22. The van der Waals surface area contributed by atoms with Gasteiger partial charge in [0.05, 0.1) is 12.5 Å². The maximum Gasteiger partial charge on any atom is 0.227 e. The zero-order chi connectivity index (χ0) is 14.7. The number of hydrogen-bond acceptors (Lipinski definition) is 3. The van der Waals surface area contributed by atoms with E-state index in [1.807, 2.05) is 29.2 Å². The summed E-state index contributed by atoms with van der Waals surface area (Å²) in [4.78, 5) is 22.4. The first-order valence-corrected chi connectivity index (χ1v) is 7.40. The smallest absolute Gasteiger partial charge is 0.227 e. The van der Waals surface area contributed by atoms with Gasteiger partial charge in [0.15, 0.2) is 0 Å². The number of aromatic nitrogens is 2. The van der Waals surface area contributed by atoms with Gasteiger partial charge in [-0.2, -0.15) is 0 Å². The summed E-state index contributed by atoms with van der Waals surface area (Å²) < 4.78 is 0. The van der Waals surface area contributed by atoms with Crippen LogP contribution >= 0.6 is 11.6 Å². The number of hydrogen-bond donors (Lipinski definition) is 0. The quantitative estimate of drug-likeness (QED) is 0.875. The third-order valence-electron chi connectivity index (χ3n) is 3.78. The minimum Gasteiger partial charge on any atom is -0.335 e. The molecule has 1 saturated heterocycles. The number of benzene rings is 1. The molecule has 1 amide bonds. The highest BCUT2D eigenvalue weighted by Crippen LogP contribution is 2.33. The van der Waals surface area contributed by atoms with Crippen LogP contribution in [0.2, 0.25) is 5.02 Å². The molecule has 1 fully saturated rings. The molecule has 108 valence electrons. The maximum absolute atomic E-state index is 12.5. The van der Waals surface area contributed by atoms with Crippen molar-refractivity contribution in [3.8, 4) is 0 Å². The van der Waals surface area contributed by atoms with E-state index >= 15 is 0 Å². The zero-order valence-electron chi connectivity index (χ0n) is 11.6. The molecule has 1 aromatic carbocycles. The average Bonchev–Trinajstić information content (AvgIpc) is 2.98. The molecule has 1 unspecified atom stereocenters. The number of amides is 1. The van der Waals surface area contributed by atoms with Crippen molar-refractivity contribution >= 4 is 17.5 Å². The van der Waals surface area contributed by atoms with Gasteiger partial charge in [0.25, 0.3) is 0 Å². The van der Waals surface area contributed by atoms with E-state index in [1.165, 1.54) is 6.33 Å². The number of halogens is 1. The molecule has 3 rings (SSSR count). The van der Waals surface area contributed by atoms with Crippen molar-refractivity contribution in [2.75, 3.05) is 6.54 Å². The van der Waals surface area contributed by atoms with E-state index in [9.17, 15) is 4.79 Å². The molecular formula is C16H16ClN3O. The summed E-state index contributed by atoms with van der Waals surface area (Å²) >= 11 is 6.06. The van der Waals surface area contributed by atoms with Gasteiger partial charge in [0.1, 0.15) is 6.33 Å². The van der Waals surface area contributed by atoms with Crippen molar-refractivity contribution < 1.29 is 4.79 Å². The van der Waals surface area contributed by atoms with Crippen LogP contribution in [0.15, 0.2) is 43.0 Å². The third kappa shape index (κ3) is 3.22. The van der Waals surface area contributed by atoms with Gasteiger partial charge in [-0.1, -0.05) is 23.7 Å². The summed E-state index contributed by atoms with van der Waals surface area (Å²) in [5, 5.41) is 0.711. The summed E-state index contributed by atoms with van der Waals surface area (Å²) in [6, 6.07) is 7.90. The molecular weight excluding hydrogens is 286 g/mol. The van der Waals surface area contributed by atoms with E-state index in [0.29, 0.717) is 11.4 Å².